The lowest BCUT2D eigenvalue weighted by molar-refractivity contribution is 0.246. The second-order valence-corrected chi connectivity index (χ2v) is 7.23. The topological polar surface area (TPSA) is 67.2 Å². The van der Waals surface area contributed by atoms with Crippen molar-refractivity contribution in [2.75, 3.05) is 5.32 Å². The number of amides is 2. The molecule has 0 saturated heterocycles. The standard InChI is InChI=1S/C19H19N3O2S/c1-12-20-17(11-25-12)13-5-7-14(8-6-13)21-19(23)22-16-3-2-4-18-15(16)9-10-24-18/h5-11,16H,2-4H2,1H3,(H2,21,22,23). The third-order valence-corrected chi connectivity index (χ3v) is 5.19. The van der Waals surface area contributed by atoms with E-state index in [1.807, 2.05) is 42.6 Å². The first-order valence-electron chi connectivity index (χ1n) is 8.35. The Kier molecular flexibility index (Phi) is 4.28. The van der Waals surface area contributed by atoms with E-state index in [2.05, 4.69) is 15.6 Å². The summed E-state index contributed by atoms with van der Waals surface area (Å²) in [4.78, 5) is 16.8. The number of benzene rings is 1. The molecule has 1 atom stereocenters. The maximum Gasteiger partial charge on any atom is 0.319 e. The summed E-state index contributed by atoms with van der Waals surface area (Å²) in [5.74, 6) is 0.986. The first kappa shape index (κ1) is 15.9. The minimum absolute atomic E-state index is 0.0137. The van der Waals surface area contributed by atoms with Crippen LogP contribution in [0.1, 0.15) is 35.2 Å². The lowest BCUT2D eigenvalue weighted by Crippen LogP contribution is -2.34. The first-order valence-corrected chi connectivity index (χ1v) is 9.23. The molecular weight excluding hydrogens is 334 g/mol. The van der Waals surface area contributed by atoms with Gasteiger partial charge in [-0.15, -0.1) is 11.3 Å². The molecule has 0 bridgehead atoms. The Morgan fingerprint density at radius 1 is 1.28 bits per heavy atom. The number of nitrogens with one attached hydrogen (secondary N) is 2. The van der Waals surface area contributed by atoms with E-state index < -0.39 is 0 Å². The molecule has 128 valence electrons. The molecule has 3 aromatic rings. The van der Waals surface area contributed by atoms with Crippen molar-refractivity contribution < 1.29 is 9.21 Å². The maximum absolute atomic E-state index is 12.3. The highest BCUT2D eigenvalue weighted by Gasteiger charge is 2.23. The Balaban J connectivity index is 1.40. The molecule has 1 aliphatic carbocycles. The molecule has 4 rings (SSSR count). The van der Waals surface area contributed by atoms with Crippen LogP contribution < -0.4 is 10.6 Å². The largest absolute Gasteiger partial charge is 0.469 e. The van der Waals surface area contributed by atoms with Crippen LogP contribution in [0.5, 0.6) is 0 Å². The molecule has 1 aromatic carbocycles. The highest BCUT2D eigenvalue weighted by atomic mass is 32.1. The zero-order valence-electron chi connectivity index (χ0n) is 13.9. The third-order valence-electron chi connectivity index (χ3n) is 4.41. The van der Waals surface area contributed by atoms with Crippen LogP contribution in [0.2, 0.25) is 0 Å². The number of hydrogen-bond donors (Lipinski definition) is 2. The average molecular weight is 353 g/mol. The Labute approximate surface area is 150 Å². The summed E-state index contributed by atoms with van der Waals surface area (Å²) < 4.78 is 5.47. The molecule has 1 aliphatic rings. The summed E-state index contributed by atoms with van der Waals surface area (Å²) in [6.07, 6.45) is 4.59. The van der Waals surface area contributed by atoms with E-state index in [4.69, 9.17) is 4.42 Å². The summed E-state index contributed by atoms with van der Waals surface area (Å²) >= 11 is 1.63. The van der Waals surface area contributed by atoms with Crippen molar-refractivity contribution in [1.29, 1.82) is 0 Å². The van der Waals surface area contributed by atoms with Gasteiger partial charge in [0.15, 0.2) is 0 Å². The first-order chi connectivity index (χ1) is 12.2. The quantitative estimate of drug-likeness (QED) is 0.703. The molecule has 0 spiro atoms. The number of furan rings is 1. The van der Waals surface area contributed by atoms with Crippen LogP contribution in [0.3, 0.4) is 0 Å². The van der Waals surface area contributed by atoms with E-state index >= 15 is 0 Å². The Morgan fingerprint density at radius 2 is 2.12 bits per heavy atom. The molecule has 6 heteroatoms. The second kappa shape index (κ2) is 6.72. The van der Waals surface area contributed by atoms with Gasteiger partial charge in [-0.1, -0.05) is 12.1 Å². The number of carbonyl (C=O) groups excluding carboxylic acids is 1. The lowest BCUT2D eigenvalue weighted by Gasteiger charge is -2.22. The maximum atomic E-state index is 12.3. The second-order valence-electron chi connectivity index (χ2n) is 6.17. The number of thiazole rings is 1. The summed E-state index contributed by atoms with van der Waals surface area (Å²) in [6, 6.07) is 9.50. The van der Waals surface area contributed by atoms with Gasteiger partial charge in [-0.3, -0.25) is 0 Å². The van der Waals surface area contributed by atoms with Gasteiger partial charge in [-0.2, -0.15) is 0 Å². The van der Waals surface area contributed by atoms with Crippen molar-refractivity contribution in [2.24, 2.45) is 0 Å². The minimum atomic E-state index is -0.198. The van der Waals surface area contributed by atoms with Crippen LogP contribution in [0, 0.1) is 6.92 Å². The fourth-order valence-corrected chi connectivity index (χ4v) is 3.80. The van der Waals surface area contributed by atoms with Gasteiger partial charge in [0, 0.05) is 28.6 Å². The predicted molar refractivity (Wildman–Crippen MR) is 98.8 cm³/mol. The molecule has 0 aliphatic heterocycles. The van der Waals surface area contributed by atoms with E-state index in [1.54, 1.807) is 17.6 Å². The fraction of sp³-hybridized carbons (Fsp3) is 0.263. The third kappa shape index (κ3) is 3.44. The van der Waals surface area contributed by atoms with Gasteiger partial charge >= 0.3 is 6.03 Å². The predicted octanol–water partition coefficient (Wildman–Crippen LogP) is 4.91. The number of fused-ring (bicyclic) bond motifs is 1. The Morgan fingerprint density at radius 3 is 2.88 bits per heavy atom. The van der Waals surface area contributed by atoms with E-state index in [9.17, 15) is 4.79 Å². The van der Waals surface area contributed by atoms with Crippen molar-refractivity contribution in [3.63, 3.8) is 0 Å². The van der Waals surface area contributed by atoms with Gasteiger partial charge in [-0.05, 0) is 38.0 Å². The van der Waals surface area contributed by atoms with Gasteiger partial charge in [0.2, 0.25) is 0 Å². The molecule has 1 unspecified atom stereocenters. The van der Waals surface area contributed by atoms with Gasteiger partial charge in [0.05, 0.1) is 23.0 Å². The monoisotopic (exact) mass is 353 g/mol. The van der Waals surface area contributed by atoms with E-state index in [1.165, 1.54) is 0 Å². The number of nitrogens with zero attached hydrogens (tertiary/aromatic N) is 1. The molecule has 25 heavy (non-hydrogen) atoms. The van der Waals surface area contributed by atoms with Crippen LogP contribution >= 0.6 is 11.3 Å². The molecule has 2 N–H and O–H groups in total. The molecule has 5 nitrogen and oxygen atoms in total. The SMILES string of the molecule is Cc1nc(-c2ccc(NC(=O)NC3CCCc4occc43)cc2)cs1. The zero-order valence-corrected chi connectivity index (χ0v) is 14.7. The number of carbonyl (C=O) groups is 1. The molecule has 0 radical (unpaired) electrons. The minimum Gasteiger partial charge on any atom is -0.469 e. The smallest absolute Gasteiger partial charge is 0.319 e. The lowest BCUT2D eigenvalue weighted by atomic mass is 9.93. The van der Waals surface area contributed by atoms with Crippen LogP contribution in [0.15, 0.2) is 46.4 Å². The van der Waals surface area contributed by atoms with Crippen molar-refractivity contribution >= 4 is 23.1 Å². The van der Waals surface area contributed by atoms with Gasteiger partial charge in [0.1, 0.15) is 5.76 Å². The molecule has 2 aromatic heterocycles. The molecule has 2 heterocycles. The summed E-state index contributed by atoms with van der Waals surface area (Å²) in [5, 5.41) is 9.02. The Bertz CT molecular complexity index is 882. The number of anilines is 1. The number of rotatable bonds is 3. The molecule has 2 amide bonds. The molecule has 0 saturated carbocycles. The van der Waals surface area contributed by atoms with Crippen molar-refractivity contribution in [1.82, 2.24) is 10.3 Å². The fourth-order valence-electron chi connectivity index (χ4n) is 3.18. The average Bonchev–Trinajstić information content (AvgIpc) is 3.25. The number of hydrogen-bond acceptors (Lipinski definition) is 4. The number of urea groups is 1. The van der Waals surface area contributed by atoms with E-state index in [-0.39, 0.29) is 12.1 Å². The van der Waals surface area contributed by atoms with Crippen molar-refractivity contribution in [2.45, 2.75) is 32.2 Å². The van der Waals surface area contributed by atoms with Crippen molar-refractivity contribution in [3.8, 4) is 11.3 Å². The van der Waals surface area contributed by atoms with Crippen LogP contribution in [-0.2, 0) is 6.42 Å². The highest BCUT2D eigenvalue weighted by Crippen LogP contribution is 2.30. The zero-order chi connectivity index (χ0) is 17.2. The summed E-state index contributed by atoms with van der Waals surface area (Å²) in [5.41, 5.74) is 3.87. The number of aromatic nitrogens is 1. The van der Waals surface area contributed by atoms with Crippen molar-refractivity contribution in [3.05, 3.63) is 58.3 Å². The number of aryl methyl sites for hydroxylation is 2. The van der Waals surface area contributed by atoms with Gasteiger partial charge in [-0.25, -0.2) is 9.78 Å². The van der Waals surface area contributed by atoms with Crippen LogP contribution in [0.25, 0.3) is 11.3 Å². The molecular formula is C19H19N3O2S. The summed E-state index contributed by atoms with van der Waals surface area (Å²) in [6.45, 7) is 1.99. The van der Waals surface area contributed by atoms with Gasteiger partial charge in [0.25, 0.3) is 0 Å². The van der Waals surface area contributed by atoms with E-state index in [0.29, 0.717) is 0 Å². The Hall–Kier alpha value is -2.60. The summed E-state index contributed by atoms with van der Waals surface area (Å²) in [7, 11) is 0. The van der Waals surface area contributed by atoms with Crippen LogP contribution in [-0.4, -0.2) is 11.0 Å². The normalized spacial score (nSPS) is 16.3. The van der Waals surface area contributed by atoms with E-state index in [0.717, 1.165) is 52.5 Å². The molecule has 0 fully saturated rings. The highest BCUT2D eigenvalue weighted by molar-refractivity contribution is 7.09. The van der Waals surface area contributed by atoms with Crippen LogP contribution in [0.4, 0.5) is 10.5 Å². The van der Waals surface area contributed by atoms with Gasteiger partial charge < -0.3 is 15.1 Å².